The third-order valence-corrected chi connectivity index (χ3v) is 4.28. The van der Waals surface area contributed by atoms with Gasteiger partial charge in [0.1, 0.15) is 5.82 Å². The minimum absolute atomic E-state index is 0.000185. The molecule has 8 nitrogen and oxygen atoms in total. The van der Waals surface area contributed by atoms with Crippen LogP contribution in [0.5, 0.6) is 0 Å². The number of halogens is 1. The van der Waals surface area contributed by atoms with Gasteiger partial charge in [-0.05, 0) is 24.3 Å². The Morgan fingerprint density at radius 1 is 1.11 bits per heavy atom. The zero-order chi connectivity index (χ0) is 19.2. The van der Waals surface area contributed by atoms with E-state index < -0.39 is 17.8 Å². The summed E-state index contributed by atoms with van der Waals surface area (Å²) >= 11 is 0. The summed E-state index contributed by atoms with van der Waals surface area (Å²) in [5.74, 6) is -0.929. The molecule has 3 N–H and O–H groups in total. The maximum atomic E-state index is 13.5. The summed E-state index contributed by atoms with van der Waals surface area (Å²) in [5.41, 5.74) is 0.000185. The molecule has 0 saturated carbocycles. The summed E-state index contributed by atoms with van der Waals surface area (Å²) in [5, 5.41) is 4.48. The molecule has 4 amide bonds. The van der Waals surface area contributed by atoms with Gasteiger partial charge in [-0.15, -0.1) is 0 Å². The van der Waals surface area contributed by atoms with Crippen molar-refractivity contribution in [1.29, 1.82) is 0 Å². The van der Waals surface area contributed by atoms with Crippen molar-refractivity contribution >= 4 is 23.5 Å². The second kappa shape index (κ2) is 8.45. The Labute approximate surface area is 154 Å². The Kier molecular flexibility index (Phi) is 5.82. The summed E-state index contributed by atoms with van der Waals surface area (Å²) in [6.07, 6.45) is 1.45. The number of imide groups is 1. The van der Waals surface area contributed by atoms with Gasteiger partial charge in [0, 0.05) is 0 Å². The second-order valence-corrected chi connectivity index (χ2v) is 6.18. The maximum absolute atomic E-state index is 13.5. The van der Waals surface area contributed by atoms with E-state index in [1.807, 2.05) is 0 Å². The number of benzene rings is 1. The van der Waals surface area contributed by atoms with Crippen LogP contribution >= 0.6 is 0 Å². The Bertz CT molecular complexity index is 817. The quantitative estimate of drug-likeness (QED) is 0.707. The molecule has 0 spiro atoms. The van der Waals surface area contributed by atoms with Crippen LogP contribution in [0, 0.1) is 5.82 Å². The predicted molar refractivity (Wildman–Crippen MR) is 93.7 cm³/mol. The number of amides is 4. The Morgan fingerprint density at radius 3 is 2.52 bits per heavy atom. The van der Waals surface area contributed by atoms with E-state index >= 15 is 0 Å². The number of rotatable bonds is 4. The van der Waals surface area contributed by atoms with Crippen LogP contribution < -0.4 is 15.5 Å². The summed E-state index contributed by atoms with van der Waals surface area (Å²) in [6.45, 7) is 2.23. The summed E-state index contributed by atoms with van der Waals surface area (Å²) < 4.78 is 18.6. The van der Waals surface area contributed by atoms with Crippen LogP contribution in [0.3, 0.4) is 0 Å². The van der Waals surface area contributed by atoms with Crippen molar-refractivity contribution in [2.75, 3.05) is 38.0 Å². The molecule has 3 rings (SSSR count). The second-order valence-electron chi connectivity index (χ2n) is 6.18. The highest BCUT2D eigenvalue weighted by atomic mass is 19.1. The lowest BCUT2D eigenvalue weighted by atomic mass is 10.3. The van der Waals surface area contributed by atoms with Gasteiger partial charge in [-0.1, -0.05) is 12.1 Å². The van der Waals surface area contributed by atoms with Crippen LogP contribution in [0.2, 0.25) is 0 Å². The topological polar surface area (TPSA) is 96.1 Å². The van der Waals surface area contributed by atoms with E-state index in [2.05, 4.69) is 10.6 Å². The van der Waals surface area contributed by atoms with E-state index in [0.29, 0.717) is 31.9 Å². The van der Waals surface area contributed by atoms with Crippen LogP contribution in [0.4, 0.5) is 14.9 Å². The fraction of sp³-hybridized carbons (Fsp3) is 0.278. The van der Waals surface area contributed by atoms with Crippen LogP contribution in [-0.2, 0) is 4.79 Å². The van der Waals surface area contributed by atoms with Gasteiger partial charge in [0.2, 0.25) is 0 Å². The Hall–Kier alpha value is -3.20. The Morgan fingerprint density at radius 2 is 1.85 bits per heavy atom. The van der Waals surface area contributed by atoms with Crippen LogP contribution in [-0.4, -0.2) is 55.5 Å². The highest BCUT2D eigenvalue weighted by Gasteiger charge is 2.27. The first-order valence-electron chi connectivity index (χ1n) is 8.54. The fourth-order valence-electron chi connectivity index (χ4n) is 2.87. The molecule has 1 aromatic heterocycles. The third-order valence-electron chi connectivity index (χ3n) is 4.28. The molecular weight excluding hydrogens is 355 g/mol. The standard InChI is InChI=1S/C18H19FN4O4/c19-13-4-1-2-5-14(13)20-18(26)21-16(24)12-22-7-9-23(10-8-22)17(25)15-6-3-11-27-15/h1-6,11H,7-10,12H2,(H2,20,21,24,26)/p+1. The normalized spacial score (nSPS) is 14.6. The number of urea groups is 1. The molecule has 1 aliphatic heterocycles. The predicted octanol–water partition coefficient (Wildman–Crippen LogP) is 0.108. The minimum atomic E-state index is -0.781. The SMILES string of the molecule is O=C(C[NH+]1CCN(C(=O)c2ccco2)CC1)NC(=O)Nc1ccccc1F. The first-order chi connectivity index (χ1) is 13.0. The van der Waals surface area contributed by atoms with Crippen LogP contribution in [0.1, 0.15) is 10.6 Å². The molecule has 27 heavy (non-hydrogen) atoms. The molecule has 1 aliphatic rings. The van der Waals surface area contributed by atoms with Gasteiger partial charge >= 0.3 is 6.03 Å². The largest absolute Gasteiger partial charge is 0.459 e. The van der Waals surface area contributed by atoms with Gasteiger partial charge in [0.05, 0.1) is 38.1 Å². The van der Waals surface area contributed by atoms with Crippen molar-refractivity contribution in [3.05, 3.63) is 54.2 Å². The average Bonchev–Trinajstić information content (AvgIpc) is 3.18. The number of nitrogens with one attached hydrogen (secondary N) is 3. The molecule has 2 heterocycles. The first kappa shape index (κ1) is 18.6. The highest BCUT2D eigenvalue weighted by molar-refractivity contribution is 6.01. The zero-order valence-corrected chi connectivity index (χ0v) is 14.5. The molecule has 0 bridgehead atoms. The molecule has 1 fully saturated rings. The van der Waals surface area contributed by atoms with Crippen LogP contribution in [0.25, 0.3) is 0 Å². The summed E-state index contributed by atoms with van der Waals surface area (Å²) in [6, 6.07) is 8.19. The molecule has 1 saturated heterocycles. The molecule has 0 aliphatic carbocycles. The lowest BCUT2D eigenvalue weighted by Gasteiger charge is -2.31. The van der Waals surface area contributed by atoms with E-state index in [-0.39, 0.29) is 18.1 Å². The first-order valence-corrected chi connectivity index (χ1v) is 8.54. The van der Waals surface area contributed by atoms with Crippen molar-refractivity contribution in [3.8, 4) is 0 Å². The number of hydrogen-bond acceptors (Lipinski definition) is 4. The Balaban J connectivity index is 1.42. The number of hydrogen-bond donors (Lipinski definition) is 3. The number of quaternary nitrogens is 1. The minimum Gasteiger partial charge on any atom is -0.459 e. The smallest absolute Gasteiger partial charge is 0.326 e. The van der Waals surface area contributed by atoms with Gasteiger partial charge in [-0.3, -0.25) is 14.9 Å². The highest BCUT2D eigenvalue weighted by Crippen LogP contribution is 2.11. The van der Waals surface area contributed by atoms with E-state index in [0.717, 1.165) is 4.90 Å². The molecular formula is C18H20FN4O4+. The molecule has 0 unspecified atom stereocenters. The van der Waals surface area contributed by atoms with E-state index in [9.17, 15) is 18.8 Å². The third kappa shape index (κ3) is 4.91. The van der Waals surface area contributed by atoms with Crippen molar-refractivity contribution in [2.45, 2.75) is 0 Å². The molecule has 2 aromatic rings. The number of anilines is 1. The van der Waals surface area contributed by atoms with E-state index in [1.54, 1.807) is 23.1 Å². The molecule has 0 atom stereocenters. The van der Waals surface area contributed by atoms with Gasteiger partial charge in [0.25, 0.3) is 11.8 Å². The van der Waals surface area contributed by atoms with Gasteiger partial charge in [0.15, 0.2) is 12.3 Å². The zero-order valence-electron chi connectivity index (χ0n) is 14.5. The number of para-hydroxylation sites is 1. The number of piperazine rings is 1. The van der Waals surface area contributed by atoms with Gasteiger partial charge < -0.3 is 19.5 Å². The van der Waals surface area contributed by atoms with Crippen LogP contribution in [0.15, 0.2) is 47.1 Å². The summed E-state index contributed by atoms with van der Waals surface area (Å²) in [4.78, 5) is 38.6. The van der Waals surface area contributed by atoms with Crippen molar-refractivity contribution in [3.63, 3.8) is 0 Å². The maximum Gasteiger partial charge on any atom is 0.326 e. The monoisotopic (exact) mass is 375 g/mol. The lowest BCUT2D eigenvalue weighted by Crippen LogP contribution is -3.15. The van der Waals surface area contributed by atoms with E-state index in [4.69, 9.17) is 4.42 Å². The summed E-state index contributed by atoms with van der Waals surface area (Å²) in [7, 11) is 0. The number of nitrogens with zero attached hydrogens (tertiary/aromatic N) is 1. The van der Waals surface area contributed by atoms with Gasteiger partial charge in [-0.25, -0.2) is 9.18 Å². The molecule has 142 valence electrons. The average molecular weight is 375 g/mol. The number of carbonyl (C=O) groups is 3. The molecule has 1 aromatic carbocycles. The lowest BCUT2D eigenvalue weighted by molar-refractivity contribution is -0.895. The van der Waals surface area contributed by atoms with Crippen molar-refractivity contribution < 1.29 is 28.1 Å². The van der Waals surface area contributed by atoms with Crippen molar-refractivity contribution in [2.24, 2.45) is 0 Å². The number of carbonyl (C=O) groups excluding carboxylic acids is 3. The molecule has 9 heteroatoms. The molecule has 0 radical (unpaired) electrons. The van der Waals surface area contributed by atoms with E-state index in [1.165, 1.54) is 24.5 Å². The fourth-order valence-corrected chi connectivity index (χ4v) is 2.87. The van der Waals surface area contributed by atoms with Crippen molar-refractivity contribution in [1.82, 2.24) is 10.2 Å². The van der Waals surface area contributed by atoms with Gasteiger partial charge in [-0.2, -0.15) is 0 Å². The number of furan rings is 1.